The van der Waals surface area contributed by atoms with E-state index < -0.39 is 5.60 Å². The van der Waals surface area contributed by atoms with Crippen molar-refractivity contribution in [1.29, 1.82) is 0 Å². The van der Waals surface area contributed by atoms with Gasteiger partial charge >= 0.3 is 0 Å². The number of hydrogen-bond donors (Lipinski definition) is 1. The highest BCUT2D eigenvalue weighted by molar-refractivity contribution is 8.14. The van der Waals surface area contributed by atoms with Crippen molar-refractivity contribution in [2.75, 3.05) is 6.26 Å². The summed E-state index contributed by atoms with van der Waals surface area (Å²) >= 11 is 0. The molecule has 16 heavy (non-hydrogen) atoms. The van der Waals surface area contributed by atoms with E-state index in [-0.39, 0.29) is 26.1 Å². The van der Waals surface area contributed by atoms with Crippen LogP contribution in [0.3, 0.4) is 0 Å². The van der Waals surface area contributed by atoms with Gasteiger partial charge in [0, 0.05) is 4.75 Å². The lowest BCUT2D eigenvalue weighted by Crippen LogP contribution is -2.56. The van der Waals surface area contributed by atoms with Crippen LogP contribution in [0.15, 0.2) is 0 Å². The average Bonchev–Trinajstić information content (AvgIpc) is 2.00. The van der Waals surface area contributed by atoms with Crippen LogP contribution >= 0.6 is 10.5 Å². The molecule has 1 N–H and O–H groups in total. The minimum atomic E-state index is -0.701. The van der Waals surface area contributed by atoms with E-state index >= 15 is 0 Å². The van der Waals surface area contributed by atoms with Gasteiger partial charge in [0.15, 0.2) is 0 Å². The predicted molar refractivity (Wildman–Crippen MR) is 78.6 cm³/mol. The fraction of sp³-hybridized carbons (Fsp3) is 0.929. The van der Waals surface area contributed by atoms with Gasteiger partial charge in [-0.2, -0.15) is 10.5 Å². The maximum absolute atomic E-state index is 10.4. The first-order valence-electron chi connectivity index (χ1n) is 5.87. The maximum Gasteiger partial charge on any atom is 0.0648 e. The third-order valence-electron chi connectivity index (χ3n) is 5.47. The second-order valence-electron chi connectivity index (χ2n) is 6.96. The fourth-order valence-corrected chi connectivity index (χ4v) is 3.08. The third-order valence-corrected chi connectivity index (χ3v) is 7.72. The topological polar surface area (TPSA) is 20.2 Å². The number of aliphatic hydroxyl groups is 1. The molecule has 0 bridgehead atoms. The molecule has 1 atom stereocenters. The highest BCUT2D eigenvalue weighted by atomic mass is 32.2. The fourth-order valence-electron chi connectivity index (χ4n) is 1.95. The van der Waals surface area contributed by atoms with Gasteiger partial charge in [0.05, 0.1) is 5.60 Å². The Balaban J connectivity index is 5.62. The van der Waals surface area contributed by atoms with Crippen LogP contribution in [-0.4, -0.2) is 27.6 Å². The summed E-state index contributed by atoms with van der Waals surface area (Å²) in [5, 5.41) is 10.4. The molecule has 0 saturated heterocycles. The Morgan fingerprint density at radius 3 is 1.31 bits per heavy atom. The average molecular weight is 246 g/mol. The van der Waals surface area contributed by atoms with Gasteiger partial charge in [0.2, 0.25) is 0 Å². The van der Waals surface area contributed by atoms with Crippen molar-refractivity contribution >= 4 is 16.4 Å². The molecule has 0 heterocycles. The summed E-state index contributed by atoms with van der Waals surface area (Å²) < 4.78 is 0.0938. The molecule has 98 valence electrons. The molecule has 2 heteroatoms. The third kappa shape index (κ3) is 2.24. The van der Waals surface area contributed by atoms with Crippen molar-refractivity contribution in [1.82, 2.24) is 0 Å². The number of hydrogen-bond acceptors (Lipinski definition) is 1. The summed E-state index contributed by atoms with van der Waals surface area (Å²) in [5.41, 5.74) is -0.881. The van der Waals surface area contributed by atoms with Gasteiger partial charge in [-0.25, -0.2) is 0 Å². The standard InChI is InChI=1S/C14H30OS/c1-11(2,13(5,6)15)12(3,4)14(7,8)16(9)10/h15H,9H2,1-8,10H3. The SMILES string of the molecule is C=S(C)C(C)(C)C(C)(C)C(C)(C)C(C)(C)O. The van der Waals surface area contributed by atoms with Crippen molar-refractivity contribution < 1.29 is 5.11 Å². The van der Waals surface area contributed by atoms with Gasteiger partial charge in [0.1, 0.15) is 0 Å². The molecule has 0 aromatic rings. The normalized spacial score (nSPS) is 17.4. The number of rotatable bonds is 4. The van der Waals surface area contributed by atoms with E-state index in [2.05, 4.69) is 53.7 Å². The van der Waals surface area contributed by atoms with E-state index in [1.807, 2.05) is 13.8 Å². The van der Waals surface area contributed by atoms with Crippen LogP contribution < -0.4 is 0 Å². The zero-order chi connectivity index (χ0) is 13.6. The molecule has 0 amide bonds. The molecule has 0 aliphatic carbocycles. The first-order valence-corrected chi connectivity index (χ1v) is 7.68. The van der Waals surface area contributed by atoms with Gasteiger partial charge in [-0.3, -0.25) is 0 Å². The first kappa shape index (κ1) is 16.2. The Bertz CT molecular complexity index is 280. The van der Waals surface area contributed by atoms with Gasteiger partial charge in [-0.1, -0.05) is 47.4 Å². The van der Waals surface area contributed by atoms with Crippen molar-refractivity contribution in [2.45, 2.75) is 65.7 Å². The molecule has 0 radical (unpaired) electrons. The van der Waals surface area contributed by atoms with Crippen LogP contribution in [0.4, 0.5) is 0 Å². The highest BCUT2D eigenvalue weighted by Gasteiger charge is 2.54. The molecule has 0 aromatic carbocycles. The van der Waals surface area contributed by atoms with Crippen LogP contribution in [0, 0.1) is 10.8 Å². The summed E-state index contributed by atoms with van der Waals surface area (Å²) in [4.78, 5) is 0. The van der Waals surface area contributed by atoms with E-state index in [0.717, 1.165) is 0 Å². The Labute approximate surface area is 105 Å². The van der Waals surface area contributed by atoms with Crippen molar-refractivity contribution in [2.24, 2.45) is 10.8 Å². The Morgan fingerprint density at radius 2 is 1.12 bits per heavy atom. The largest absolute Gasteiger partial charge is 0.390 e. The molecule has 1 nitrogen and oxygen atoms in total. The second-order valence-corrected chi connectivity index (χ2v) is 9.25. The Kier molecular flexibility index (Phi) is 4.18. The molecule has 0 rings (SSSR count). The summed E-state index contributed by atoms with van der Waals surface area (Å²) in [7, 11) is 0.0622. The Hall–Kier alpha value is 0.180. The first-order chi connectivity index (χ1) is 6.69. The monoisotopic (exact) mass is 246 g/mol. The summed E-state index contributed by atoms with van der Waals surface area (Å²) in [5.74, 6) is 4.22. The minimum absolute atomic E-state index is 0.00212. The van der Waals surface area contributed by atoms with Gasteiger partial charge in [-0.15, -0.1) is 0 Å². The molecular formula is C14H30OS. The van der Waals surface area contributed by atoms with Crippen LogP contribution in [0.25, 0.3) is 0 Å². The zero-order valence-electron chi connectivity index (χ0n) is 12.6. The van der Waals surface area contributed by atoms with Crippen LogP contribution in [0.1, 0.15) is 55.4 Å². The molecule has 0 aliphatic rings. The van der Waals surface area contributed by atoms with Crippen molar-refractivity contribution in [3.8, 4) is 0 Å². The van der Waals surface area contributed by atoms with Crippen LogP contribution in [0.5, 0.6) is 0 Å². The van der Waals surface area contributed by atoms with Gasteiger partial charge < -0.3 is 5.11 Å². The van der Waals surface area contributed by atoms with E-state index in [0.29, 0.717) is 0 Å². The van der Waals surface area contributed by atoms with E-state index in [4.69, 9.17) is 0 Å². The smallest absolute Gasteiger partial charge is 0.0648 e. The van der Waals surface area contributed by atoms with Gasteiger partial charge in [0.25, 0.3) is 0 Å². The maximum atomic E-state index is 10.4. The lowest BCUT2D eigenvalue weighted by molar-refractivity contribution is -0.111. The lowest BCUT2D eigenvalue weighted by Gasteiger charge is -2.57. The molecule has 0 fully saturated rings. The van der Waals surface area contributed by atoms with E-state index in [9.17, 15) is 5.11 Å². The molecule has 0 aromatic heterocycles. The molecule has 1 unspecified atom stereocenters. The summed E-state index contributed by atoms with van der Waals surface area (Å²) in [6.45, 7) is 17.1. The summed E-state index contributed by atoms with van der Waals surface area (Å²) in [6, 6.07) is 0. The quantitative estimate of drug-likeness (QED) is 0.746. The van der Waals surface area contributed by atoms with E-state index in [1.165, 1.54) is 0 Å². The second kappa shape index (κ2) is 4.13. The molecule has 0 aliphatic heterocycles. The predicted octanol–water partition coefficient (Wildman–Crippen LogP) is 3.92. The van der Waals surface area contributed by atoms with E-state index in [1.54, 1.807) is 0 Å². The molecule has 0 saturated carbocycles. The van der Waals surface area contributed by atoms with Crippen molar-refractivity contribution in [3.05, 3.63) is 0 Å². The summed E-state index contributed by atoms with van der Waals surface area (Å²) in [6.07, 6.45) is 2.18. The molecule has 0 spiro atoms. The zero-order valence-corrected chi connectivity index (χ0v) is 13.4. The van der Waals surface area contributed by atoms with Gasteiger partial charge in [-0.05, 0) is 30.9 Å². The van der Waals surface area contributed by atoms with Crippen LogP contribution in [-0.2, 0) is 0 Å². The highest BCUT2D eigenvalue weighted by Crippen LogP contribution is 2.57. The van der Waals surface area contributed by atoms with Crippen LogP contribution in [0.2, 0.25) is 0 Å². The minimum Gasteiger partial charge on any atom is -0.390 e. The Morgan fingerprint density at radius 1 is 0.812 bits per heavy atom. The molecular weight excluding hydrogens is 216 g/mol. The van der Waals surface area contributed by atoms with Crippen molar-refractivity contribution in [3.63, 3.8) is 0 Å². The lowest BCUT2D eigenvalue weighted by atomic mass is 9.55.